The van der Waals surface area contributed by atoms with Crippen molar-refractivity contribution in [1.82, 2.24) is 4.90 Å². The molecule has 1 aromatic carbocycles. The summed E-state index contributed by atoms with van der Waals surface area (Å²) in [6.07, 6.45) is 0.456. The van der Waals surface area contributed by atoms with Crippen LogP contribution in [0.3, 0.4) is 0 Å². The number of hydrogen-bond donors (Lipinski definition) is 1. The summed E-state index contributed by atoms with van der Waals surface area (Å²) < 4.78 is 5.10. The van der Waals surface area contributed by atoms with Gasteiger partial charge < -0.3 is 15.0 Å². The van der Waals surface area contributed by atoms with Crippen molar-refractivity contribution in [3.05, 3.63) is 23.2 Å². The molecule has 4 nitrogen and oxygen atoms in total. The zero-order valence-corrected chi connectivity index (χ0v) is 11.0. The molecule has 1 aromatic rings. The number of nitrogens with one attached hydrogen (secondary N) is 1. The second kappa shape index (κ2) is 6.35. The highest BCUT2D eigenvalue weighted by Crippen LogP contribution is 2.27. The first-order valence-corrected chi connectivity index (χ1v) is 5.70. The summed E-state index contributed by atoms with van der Waals surface area (Å²) in [5.74, 6) is 0.717. The lowest BCUT2D eigenvalue weighted by Gasteiger charge is -2.12. The lowest BCUT2D eigenvalue weighted by Crippen LogP contribution is -2.23. The van der Waals surface area contributed by atoms with E-state index in [1.54, 1.807) is 32.2 Å². The molecule has 0 heterocycles. The molecule has 1 rings (SSSR count). The quantitative estimate of drug-likeness (QED) is 0.879. The van der Waals surface area contributed by atoms with Gasteiger partial charge in [0.1, 0.15) is 5.75 Å². The highest BCUT2D eigenvalue weighted by atomic mass is 35.5. The van der Waals surface area contributed by atoms with Crippen molar-refractivity contribution < 1.29 is 9.53 Å². The molecule has 0 saturated heterocycles. The molecule has 0 radical (unpaired) electrons. The zero-order valence-electron chi connectivity index (χ0n) is 10.3. The normalized spacial score (nSPS) is 9.88. The Hall–Kier alpha value is -1.42. The van der Waals surface area contributed by atoms with Gasteiger partial charge in [0.2, 0.25) is 5.91 Å². The van der Waals surface area contributed by atoms with E-state index in [1.807, 2.05) is 12.1 Å². The average molecular weight is 257 g/mol. The number of benzene rings is 1. The Labute approximate surface area is 107 Å². The van der Waals surface area contributed by atoms with Crippen molar-refractivity contribution >= 4 is 23.2 Å². The number of carbonyl (C=O) groups is 1. The molecular formula is C12H17ClN2O2. The molecule has 5 heteroatoms. The van der Waals surface area contributed by atoms with E-state index in [4.69, 9.17) is 16.3 Å². The Morgan fingerprint density at radius 3 is 2.76 bits per heavy atom. The number of halogens is 1. The van der Waals surface area contributed by atoms with Gasteiger partial charge in [0.05, 0.1) is 12.1 Å². The van der Waals surface area contributed by atoms with Crippen molar-refractivity contribution in [2.24, 2.45) is 0 Å². The molecule has 0 fully saturated rings. The van der Waals surface area contributed by atoms with Crippen LogP contribution in [0, 0.1) is 0 Å². The van der Waals surface area contributed by atoms with Gasteiger partial charge in [0.25, 0.3) is 0 Å². The van der Waals surface area contributed by atoms with Crippen molar-refractivity contribution in [3.63, 3.8) is 0 Å². The smallest absolute Gasteiger partial charge is 0.223 e. The van der Waals surface area contributed by atoms with Gasteiger partial charge in [-0.05, 0) is 12.1 Å². The summed E-state index contributed by atoms with van der Waals surface area (Å²) in [5, 5.41) is 3.72. The maximum absolute atomic E-state index is 11.4. The third-order valence-electron chi connectivity index (χ3n) is 2.32. The van der Waals surface area contributed by atoms with Gasteiger partial charge in [0, 0.05) is 38.8 Å². The van der Waals surface area contributed by atoms with Crippen molar-refractivity contribution in [2.75, 3.05) is 33.1 Å². The number of rotatable bonds is 5. The topological polar surface area (TPSA) is 41.6 Å². The van der Waals surface area contributed by atoms with Gasteiger partial charge >= 0.3 is 0 Å². The van der Waals surface area contributed by atoms with Gasteiger partial charge in [0.15, 0.2) is 0 Å². The summed E-state index contributed by atoms with van der Waals surface area (Å²) >= 11 is 5.91. The molecule has 0 saturated carbocycles. The van der Waals surface area contributed by atoms with Gasteiger partial charge in [-0.2, -0.15) is 0 Å². The zero-order chi connectivity index (χ0) is 12.8. The van der Waals surface area contributed by atoms with Crippen LogP contribution in [0.1, 0.15) is 6.42 Å². The Morgan fingerprint density at radius 1 is 1.47 bits per heavy atom. The first kappa shape index (κ1) is 13.6. The highest BCUT2D eigenvalue weighted by molar-refractivity contribution is 6.32. The number of amides is 1. The van der Waals surface area contributed by atoms with E-state index >= 15 is 0 Å². The molecular weight excluding hydrogens is 240 g/mol. The van der Waals surface area contributed by atoms with Crippen LogP contribution < -0.4 is 10.1 Å². The molecule has 0 aliphatic rings. The lowest BCUT2D eigenvalue weighted by molar-refractivity contribution is -0.128. The van der Waals surface area contributed by atoms with Crippen LogP contribution in [0.2, 0.25) is 5.02 Å². The van der Waals surface area contributed by atoms with Crippen LogP contribution in [-0.2, 0) is 4.79 Å². The number of nitrogens with zero attached hydrogens (tertiary/aromatic N) is 1. The van der Waals surface area contributed by atoms with Crippen LogP contribution in [0.15, 0.2) is 18.2 Å². The molecule has 1 N–H and O–H groups in total. The standard InChI is InChI=1S/C12H17ClN2O2/c1-15(2)12(16)6-7-14-9-4-5-10(13)11(8-9)17-3/h4-5,8,14H,6-7H2,1-3H3. The summed E-state index contributed by atoms with van der Waals surface area (Å²) in [4.78, 5) is 12.9. The Morgan fingerprint density at radius 2 is 2.18 bits per heavy atom. The molecule has 0 spiro atoms. The van der Waals surface area contributed by atoms with Crippen molar-refractivity contribution in [2.45, 2.75) is 6.42 Å². The summed E-state index contributed by atoms with van der Waals surface area (Å²) in [7, 11) is 5.06. The van der Waals surface area contributed by atoms with Gasteiger partial charge in [-0.25, -0.2) is 0 Å². The molecule has 0 atom stereocenters. The van der Waals surface area contributed by atoms with E-state index in [9.17, 15) is 4.79 Å². The minimum absolute atomic E-state index is 0.0958. The molecule has 0 unspecified atom stereocenters. The third-order valence-corrected chi connectivity index (χ3v) is 2.63. The largest absolute Gasteiger partial charge is 0.495 e. The molecule has 0 aromatic heterocycles. The summed E-state index contributed by atoms with van der Waals surface area (Å²) in [6.45, 7) is 0.585. The number of hydrogen-bond acceptors (Lipinski definition) is 3. The first-order valence-electron chi connectivity index (χ1n) is 5.32. The number of methoxy groups -OCH3 is 1. The summed E-state index contributed by atoms with van der Waals surface area (Å²) in [6, 6.07) is 5.42. The van der Waals surface area contributed by atoms with Crippen LogP contribution in [-0.4, -0.2) is 38.6 Å². The first-order chi connectivity index (χ1) is 8.04. The third kappa shape index (κ3) is 4.15. The molecule has 94 valence electrons. The SMILES string of the molecule is COc1cc(NCCC(=O)N(C)C)ccc1Cl. The number of anilines is 1. The van der Waals surface area contributed by atoms with E-state index in [0.717, 1.165) is 5.69 Å². The monoisotopic (exact) mass is 256 g/mol. The van der Waals surface area contributed by atoms with Crippen molar-refractivity contribution in [1.29, 1.82) is 0 Å². The predicted molar refractivity (Wildman–Crippen MR) is 69.8 cm³/mol. The van der Waals surface area contributed by atoms with Crippen molar-refractivity contribution in [3.8, 4) is 5.75 Å². The fourth-order valence-corrected chi connectivity index (χ4v) is 1.50. The van der Waals surface area contributed by atoms with E-state index < -0.39 is 0 Å². The van der Waals surface area contributed by atoms with Gasteiger partial charge in [-0.3, -0.25) is 4.79 Å². The van der Waals surface area contributed by atoms with E-state index in [1.165, 1.54) is 0 Å². The second-order valence-corrected chi connectivity index (χ2v) is 4.22. The molecule has 1 amide bonds. The Kier molecular flexibility index (Phi) is 5.10. The fourth-order valence-electron chi connectivity index (χ4n) is 1.31. The fraction of sp³-hybridized carbons (Fsp3) is 0.417. The highest BCUT2D eigenvalue weighted by Gasteiger charge is 2.04. The number of ether oxygens (including phenoxy) is 1. The van der Waals surface area contributed by atoms with Crippen LogP contribution >= 0.6 is 11.6 Å². The summed E-state index contributed by atoms with van der Waals surface area (Å²) in [5.41, 5.74) is 0.887. The molecule has 0 bridgehead atoms. The van der Waals surface area contributed by atoms with E-state index in [-0.39, 0.29) is 5.91 Å². The maximum Gasteiger partial charge on any atom is 0.223 e. The Balaban J connectivity index is 2.50. The molecule has 0 aliphatic carbocycles. The van der Waals surface area contributed by atoms with E-state index in [2.05, 4.69) is 5.32 Å². The van der Waals surface area contributed by atoms with Crippen LogP contribution in [0.4, 0.5) is 5.69 Å². The minimum Gasteiger partial charge on any atom is -0.495 e. The Bertz CT molecular complexity index is 394. The lowest BCUT2D eigenvalue weighted by atomic mass is 10.3. The van der Waals surface area contributed by atoms with Gasteiger partial charge in [-0.15, -0.1) is 0 Å². The van der Waals surface area contributed by atoms with Crippen LogP contribution in [0.5, 0.6) is 5.75 Å². The van der Waals surface area contributed by atoms with Gasteiger partial charge in [-0.1, -0.05) is 11.6 Å². The predicted octanol–water partition coefficient (Wildman–Crippen LogP) is 2.24. The average Bonchev–Trinajstić information content (AvgIpc) is 2.31. The minimum atomic E-state index is 0.0958. The molecule has 0 aliphatic heterocycles. The second-order valence-electron chi connectivity index (χ2n) is 3.81. The van der Waals surface area contributed by atoms with E-state index in [0.29, 0.717) is 23.7 Å². The maximum atomic E-state index is 11.4. The molecule has 17 heavy (non-hydrogen) atoms. The number of carbonyl (C=O) groups excluding carboxylic acids is 1. The van der Waals surface area contributed by atoms with Crippen LogP contribution in [0.25, 0.3) is 0 Å².